The van der Waals surface area contributed by atoms with E-state index in [0.29, 0.717) is 12.5 Å². The number of likely N-dealkylation sites (N-methyl/N-ethyl adjacent to an activating group) is 1. The van der Waals surface area contributed by atoms with Crippen LogP contribution in [-0.4, -0.2) is 57.5 Å². The summed E-state index contributed by atoms with van der Waals surface area (Å²) >= 11 is 0. The summed E-state index contributed by atoms with van der Waals surface area (Å²) in [6.07, 6.45) is 3.44. The first-order valence-corrected chi connectivity index (χ1v) is 6.60. The number of rotatable bonds is 7. The van der Waals surface area contributed by atoms with Crippen molar-refractivity contribution in [2.24, 2.45) is 11.7 Å². The minimum Gasteiger partial charge on any atom is -0.385 e. The fourth-order valence-corrected chi connectivity index (χ4v) is 2.33. The largest absolute Gasteiger partial charge is 0.385 e. The van der Waals surface area contributed by atoms with Crippen molar-refractivity contribution in [3.8, 4) is 0 Å². The predicted molar refractivity (Wildman–Crippen MR) is 70.1 cm³/mol. The van der Waals surface area contributed by atoms with E-state index in [-0.39, 0.29) is 5.54 Å². The molecule has 2 N–H and O–H groups in total. The van der Waals surface area contributed by atoms with Crippen LogP contribution in [0.5, 0.6) is 0 Å². The fraction of sp³-hybridized carbons (Fsp3) is 1.00. The highest BCUT2D eigenvalue weighted by molar-refractivity contribution is 4.86. The molecule has 1 fully saturated rings. The second-order valence-electron chi connectivity index (χ2n) is 5.41. The average Bonchev–Trinajstić information content (AvgIpc) is 2.37. The summed E-state index contributed by atoms with van der Waals surface area (Å²) in [5.74, 6) is 0.655. The van der Waals surface area contributed by atoms with Gasteiger partial charge in [-0.2, -0.15) is 0 Å². The fourth-order valence-electron chi connectivity index (χ4n) is 2.33. The number of methoxy groups -OCH3 is 1. The van der Waals surface area contributed by atoms with Crippen molar-refractivity contribution in [2.75, 3.05) is 47.1 Å². The van der Waals surface area contributed by atoms with Gasteiger partial charge in [0.05, 0.1) is 6.61 Å². The Balaban J connectivity index is 2.43. The third-order valence-corrected chi connectivity index (χ3v) is 3.99. The molecule has 2 unspecified atom stereocenters. The molecular formula is C13H28N2O2. The van der Waals surface area contributed by atoms with E-state index in [4.69, 9.17) is 15.2 Å². The van der Waals surface area contributed by atoms with Crippen molar-refractivity contribution in [3.05, 3.63) is 0 Å². The molecule has 1 heterocycles. The van der Waals surface area contributed by atoms with Crippen LogP contribution >= 0.6 is 0 Å². The van der Waals surface area contributed by atoms with Crippen LogP contribution in [0, 0.1) is 5.92 Å². The van der Waals surface area contributed by atoms with Crippen LogP contribution in [0.25, 0.3) is 0 Å². The molecule has 102 valence electrons. The Morgan fingerprint density at radius 2 is 2.29 bits per heavy atom. The van der Waals surface area contributed by atoms with Gasteiger partial charge in [0.1, 0.15) is 0 Å². The normalized spacial score (nSPS) is 24.9. The first-order chi connectivity index (χ1) is 8.12. The molecular weight excluding hydrogens is 216 g/mol. The summed E-state index contributed by atoms with van der Waals surface area (Å²) in [5.41, 5.74) is 5.96. The molecule has 0 bridgehead atoms. The molecule has 4 nitrogen and oxygen atoms in total. The smallest absolute Gasteiger partial charge is 0.0506 e. The molecule has 17 heavy (non-hydrogen) atoms. The first-order valence-electron chi connectivity index (χ1n) is 6.60. The Morgan fingerprint density at radius 1 is 1.53 bits per heavy atom. The highest BCUT2D eigenvalue weighted by Crippen LogP contribution is 2.21. The summed E-state index contributed by atoms with van der Waals surface area (Å²) in [5, 5.41) is 0. The molecule has 0 amide bonds. The van der Waals surface area contributed by atoms with Gasteiger partial charge in [-0.25, -0.2) is 0 Å². The minimum atomic E-state index is 0.0352. The van der Waals surface area contributed by atoms with Gasteiger partial charge in [0, 0.05) is 39.0 Å². The highest BCUT2D eigenvalue weighted by Gasteiger charge is 2.29. The molecule has 0 aromatic rings. The van der Waals surface area contributed by atoms with E-state index in [9.17, 15) is 0 Å². The van der Waals surface area contributed by atoms with Gasteiger partial charge in [-0.15, -0.1) is 0 Å². The third-order valence-electron chi connectivity index (χ3n) is 3.99. The van der Waals surface area contributed by atoms with Crippen LogP contribution < -0.4 is 5.73 Å². The molecule has 0 saturated carbocycles. The van der Waals surface area contributed by atoms with E-state index >= 15 is 0 Å². The maximum Gasteiger partial charge on any atom is 0.0506 e. The zero-order chi connectivity index (χ0) is 12.7. The number of hydrogen-bond donors (Lipinski definition) is 1. The third kappa shape index (κ3) is 4.54. The monoisotopic (exact) mass is 244 g/mol. The standard InChI is InChI=1S/C13H28N2O2/c1-13(11-14,6-8-16-3)15(2)9-12-5-4-7-17-10-12/h12H,4-11,14H2,1-3H3. The van der Waals surface area contributed by atoms with Crippen molar-refractivity contribution in [2.45, 2.75) is 31.7 Å². The van der Waals surface area contributed by atoms with Crippen LogP contribution in [0.4, 0.5) is 0 Å². The van der Waals surface area contributed by atoms with Crippen LogP contribution in [0.2, 0.25) is 0 Å². The molecule has 0 aliphatic carbocycles. The molecule has 1 saturated heterocycles. The Labute approximate surface area is 105 Å². The van der Waals surface area contributed by atoms with Crippen molar-refractivity contribution in [1.29, 1.82) is 0 Å². The molecule has 1 rings (SSSR count). The number of nitrogens with two attached hydrogens (primary N) is 1. The van der Waals surface area contributed by atoms with Crippen LogP contribution in [-0.2, 0) is 9.47 Å². The zero-order valence-corrected chi connectivity index (χ0v) is 11.6. The van der Waals surface area contributed by atoms with E-state index in [1.165, 1.54) is 12.8 Å². The quantitative estimate of drug-likeness (QED) is 0.728. The maximum absolute atomic E-state index is 5.93. The molecule has 2 atom stereocenters. The second-order valence-corrected chi connectivity index (χ2v) is 5.41. The lowest BCUT2D eigenvalue weighted by Gasteiger charge is -2.40. The van der Waals surface area contributed by atoms with Crippen LogP contribution in [0.3, 0.4) is 0 Å². The molecule has 0 spiro atoms. The Hall–Kier alpha value is -0.160. The van der Waals surface area contributed by atoms with Gasteiger partial charge in [0.25, 0.3) is 0 Å². The summed E-state index contributed by atoms with van der Waals surface area (Å²) in [6, 6.07) is 0. The zero-order valence-electron chi connectivity index (χ0n) is 11.6. The van der Waals surface area contributed by atoms with Crippen molar-refractivity contribution in [1.82, 2.24) is 4.90 Å². The van der Waals surface area contributed by atoms with Crippen LogP contribution in [0.15, 0.2) is 0 Å². The lowest BCUT2D eigenvalue weighted by Crippen LogP contribution is -2.52. The van der Waals surface area contributed by atoms with E-state index in [0.717, 1.165) is 32.8 Å². The van der Waals surface area contributed by atoms with Crippen molar-refractivity contribution in [3.63, 3.8) is 0 Å². The van der Waals surface area contributed by atoms with Gasteiger partial charge >= 0.3 is 0 Å². The Kier molecular flexibility index (Phi) is 6.41. The summed E-state index contributed by atoms with van der Waals surface area (Å²) in [6.45, 7) is 6.54. The summed E-state index contributed by atoms with van der Waals surface area (Å²) < 4.78 is 10.7. The summed E-state index contributed by atoms with van der Waals surface area (Å²) in [4.78, 5) is 2.38. The Morgan fingerprint density at radius 3 is 2.82 bits per heavy atom. The molecule has 1 aliphatic heterocycles. The van der Waals surface area contributed by atoms with Crippen molar-refractivity contribution < 1.29 is 9.47 Å². The highest BCUT2D eigenvalue weighted by atomic mass is 16.5. The number of nitrogens with zero attached hydrogens (tertiary/aromatic N) is 1. The van der Waals surface area contributed by atoms with E-state index in [1.54, 1.807) is 7.11 Å². The number of hydrogen-bond acceptors (Lipinski definition) is 4. The minimum absolute atomic E-state index is 0.0352. The van der Waals surface area contributed by atoms with Crippen LogP contribution in [0.1, 0.15) is 26.2 Å². The van der Waals surface area contributed by atoms with E-state index < -0.39 is 0 Å². The second kappa shape index (κ2) is 7.31. The van der Waals surface area contributed by atoms with E-state index in [2.05, 4.69) is 18.9 Å². The predicted octanol–water partition coefficient (Wildman–Crippen LogP) is 1.10. The Bertz CT molecular complexity index is 208. The van der Waals surface area contributed by atoms with E-state index in [1.807, 2.05) is 0 Å². The van der Waals surface area contributed by atoms with Gasteiger partial charge in [0.2, 0.25) is 0 Å². The number of ether oxygens (including phenoxy) is 2. The molecule has 4 heteroatoms. The lowest BCUT2D eigenvalue weighted by molar-refractivity contribution is 0.0167. The summed E-state index contributed by atoms with van der Waals surface area (Å²) in [7, 11) is 3.91. The molecule has 1 aliphatic rings. The van der Waals surface area contributed by atoms with Gasteiger partial charge in [-0.3, -0.25) is 4.90 Å². The SMILES string of the molecule is COCCC(C)(CN)N(C)CC1CCCOC1. The van der Waals surface area contributed by atoms with Gasteiger partial charge < -0.3 is 15.2 Å². The first kappa shape index (κ1) is 14.9. The molecule has 0 aromatic heterocycles. The average molecular weight is 244 g/mol. The van der Waals surface area contributed by atoms with Gasteiger partial charge in [0.15, 0.2) is 0 Å². The van der Waals surface area contributed by atoms with Gasteiger partial charge in [-0.05, 0) is 39.2 Å². The topological polar surface area (TPSA) is 47.7 Å². The lowest BCUT2D eigenvalue weighted by atomic mass is 9.93. The van der Waals surface area contributed by atoms with Gasteiger partial charge in [-0.1, -0.05) is 0 Å². The molecule has 0 aromatic carbocycles. The molecule has 0 radical (unpaired) electrons. The maximum atomic E-state index is 5.93. The van der Waals surface area contributed by atoms with Crippen molar-refractivity contribution >= 4 is 0 Å².